The Bertz CT molecular complexity index is 226. The molecular weight excluding hydrogens is 140 g/mol. The van der Waals surface area contributed by atoms with Crippen LogP contribution < -0.4 is 0 Å². The van der Waals surface area contributed by atoms with Gasteiger partial charge in [-0.25, -0.2) is 9.97 Å². The van der Waals surface area contributed by atoms with Crippen LogP contribution >= 0.6 is 11.6 Å². The second-order valence-corrected chi connectivity index (χ2v) is 1.66. The second kappa shape index (κ2) is 2.55. The molecule has 0 aliphatic carbocycles. The van der Waals surface area contributed by atoms with Crippen molar-refractivity contribution < 1.29 is 4.79 Å². The predicted octanol–water partition coefficient (Wildman–Crippen LogP) is 0.588. The molecule has 4 heteroatoms. The first kappa shape index (κ1) is 6.16. The Hall–Kier alpha value is -0.960. The third kappa shape index (κ3) is 1.23. The van der Waals surface area contributed by atoms with Gasteiger partial charge in [-0.05, 0) is 0 Å². The van der Waals surface area contributed by atoms with Gasteiger partial charge in [0.2, 0.25) is 0 Å². The minimum absolute atomic E-state index is 0.0548. The molecule has 0 fully saturated rings. The standard InChI is InChI=1S/C5H2ClN2O/c6-5-4(3-9)7-1-2-8-5/h1-2H. The summed E-state index contributed by atoms with van der Waals surface area (Å²) >= 11 is 5.39. The lowest BCUT2D eigenvalue weighted by atomic mass is 10.5. The molecule has 0 saturated heterocycles. The van der Waals surface area contributed by atoms with Gasteiger partial charge in [0.1, 0.15) is 0 Å². The molecule has 0 N–H and O–H groups in total. The zero-order valence-electron chi connectivity index (χ0n) is 4.34. The molecule has 0 aliphatic heterocycles. The van der Waals surface area contributed by atoms with E-state index < -0.39 is 0 Å². The van der Waals surface area contributed by atoms with Crippen molar-refractivity contribution in [2.45, 2.75) is 0 Å². The molecule has 1 aromatic heterocycles. The van der Waals surface area contributed by atoms with E-state index >= 15 is 0 Å². The Kier molecular flexibility index (Phi) is 1.75. The first-order valence-electron chi connectivity index (χ1n) is 2.19. The van der Waals surface area contributed by atoms with E-state index in [4.69, 9.17) is 11.6 Å². The van der Waals surface area contributed by atoms with Crippen molar-refractivity contribution in [3.05, 3.63) is 23.2 Å². The third-order valence-electron chi connectivity index (χ3n) is 0.750. The lowest BCUT2D eigenvalue weighted by molar-refractivity contribution is 0.561. The van der Waals surface area contributed by atoms with Crippen LogP contribution in [0.25, 0.3) is 0 Å². The van der Waals surface area contributed by atoms with Crippen LogP contribution in [0.5, 0.6) is 0 Å². The molecule has 0 atom stereocenters. The number of hydrogen-bond donors (Lipinski definition) is 0. The van der Waals surface area contributed by atoms with Crippen LogP contribution in [0.4, 0.5) is 0 Å². The molecule has 1 rings (SSSR count). The highest BCUT2D eigenvalue weighted by Gasteiger charge is 1.97. The van der Waals surface area contributed by atoms with E-state index in [1.54, 1.807) is 0 Å². The van der Waals surface area contributed by atoms with E-state index in [1.807, 2.05) is 0 Å². The Labute approximate surface area is 56.7 Å². The summed E-state index contributed by atoms with van der Waals surface area (Å²) in [6.45, 7) is 0. The van der Waals surface area contributed by atoms with Crippen molar-refractivity contribution in [3.63, 3.8) is 0 Å². The monoisotopic (exact) mass is 141 g/mol. The lowest BCUT2D eigenvalue weighted by Crippen LogP contribution is -1.88. The van der Waals surface area contributed by atoms with E-state index in [0.717, 1.165) is 0 Å². The number of hydrogen-bond acceptors (Lipinski definition) is 3. The van der Waals surface area contributed by atoms with Crippen molar-refractivity contribution in [2.75, 3.05) is 0 Å². The van der Waals surface area contributed by atoms with Gasteiger partial charge < -0.3 is 0 Å². The molecule has 1 heterocycles. The highest BCUT2D eigenvalue weighted by molar-refractivity contribution is 6.31. The smallest absolute Gasteiger partial charge is 0.256 e. The van der Waals surface area contributed by atoms with Crippen molar-refractivity contribution in [2.24, 2.45) is 0 Å². The number of aromatic nitrogens is 2. The minimum atomic E-state index is 0.0548. The van der Waals surface area contributed by atoms with Crippen LogP contribution in [-0.2, 0) is 4.79 Å². The molecule has 0 saturated carbocycles. The fourth-order valence-electron chi connectivity index (χ4n) is 0.390. The Balaban J connectivity index is 3.15. The fraction of sp³-hybridized carbons (Fsp3) is 0. The molecule has 1 aromatic rings. The average Bonchev–Trinajstić information content (AvgIpc) is 1.89. The summed E-state index contributed by atoms with van der Waals surface area (Å²) in [6.07, 6.45) is 4.33. The molecule has 3 nitrogen and oxygen atoms in total. The van der Waals surface area contributed by atoms with Gasteiger partial charge in [-0.3, -0.25) is 4.79 Å². The van der Waals surface area contributed by atoms with E-state index in [-0.39, 0.29) is 10.8 Å². The van der Waals surface area contributed by atoms with Crippen molar-refractivity contribution in [3.8, 4) is 0 Å². The third-order valence-corrected chi connectivity index (χ3v) is 1.03. The summed E-state index contributed by atoms with van der Waals surface area (Å²) < 4.78 is 0. The lowest BCUT2D eigenvalue weighted by Gasteiger charge is -1.87. The highest BCUT2D eigenvalue weighted by Crippen LogP contribution is 2.03. The Morgan fingerprint density at radius 3 is 2.56 bits per heavy atom. The van der Waals surface area contributed by atoms with Crippen LogP contribution in [-0.4, -0.2) is 16.3 Å². The Morgan fingerprint density at radius 1 is 1.44 bits per heavy atom. The summed E-state index contributed by atoms with van der Waals surface area (Å²) in [5.41, 5.74) is 0.0548. The van der Waals surface area contributed by atoms with Gasteiger partial charge >= 0.3 is 0 Å². The van der Waals surface area contributed by atoms with Crippen molar-refractivity contribution >= 4 is 17.9 Å². The van der Waals surface area contributed by atoms with E-state index in [1.165, 1.54) is 18.7 Å². The topological polar surface area (TPSA) is 42.9 Å². The van der Waals surface area contributed by atoms with Crippen LogP contribution in [0.3, 0.4) is 0 Å². The summed E-state index contributed by atoms with van der Waals surface area (Å²) in [6, 6.07) is 0. The molecule has 45 valence electrons. The molecule has 0 aliphatic rings. The van der Waals surface area contributed by atoms with Crippen LogP contribution in [0, 0.1) is 0 Å². The maximum absolute atomic E-state index is 9.92. The molecule has 0 bridgehead atoms. The molecule has 0 aromatic carbocycles. The predicted molar refractivity (Wildman–Crippen MR) is 31.8 cm³/mol. The molecule has 0 amide bonds. The summed E-state index contributed by atoms with van der Waals surface area (Å²) in [4.78, 5) is 17.1. The van der Waals surface area contributed by atoms with E-state index in [2.05, 4.69) is 9.97 Å². The van der Waals surface area contributed by atoms with Gasteiger partial charge in [-0.15, -0.1) is 0 Å². The van der Waals surface area contributed by atoms with Crippen molar-refractivity contribution in [1.29, 1.82) is 0 Å². The number of rotatable bonds is 1. The van der Waals surface area contributed by atoms with Crippen LogP contribution in [0.15, 0.2) is 12.4 Å². The Morgan fingerprint density at radius 2 is 2.11 bits per heavy atom. The highest BCUT2D eigenvalue weighted by atomic mass is 35.5. The normalized spacial score (nSPS) is 9.00. The molecule has 0 unspecified atom stereocenters. The van der Waals surface area contributed by atoms with Gasteiger partial charge in [-0.2, -0.15) is 0 Å². The summed E-state index contributed by atoms with van der Waals surface area (Å²) in [7, 11) is 0. The number of halogens is 1. The van der Waals surface area contributed by atoms with Gasteiger partial charge in [0.05, 0.1) is 0 Å². The van der Waals surface area contributed by atoms with Crippen LogP contribution in [0.2, 0.25) is 5.15 Å². The summed E-state index contributed by atoms with van der Waals surface area (Å²) in [5, 5.41) is 0.0903. The summed E-state index contributed by atoms with van der Waals surface area (Å²) in [5.74, 6) is 0. The van der Waals surface area contributed by atoms with E-state index in [9.17, 15) is 4.79 Å². The fourth-order valence-corrected chi connectivity index (χ4v) is 0.533. The zero-order valence-corrected chi connectivity index (χ0v) is 5.09. The zero-order chi connectivity index (χ0) is 6.69. The SMILES string of the molecule is O=[C]c1nccnc1Cl. The van der Waals surface area contributed by atoms with Crippen LogP contribution in [0.1, 0.15) is 5.69 Å². The molecule has 0 spiro atoms. The van der Waals surface area contributed by atoms with Gasteiger partial charge in [0.15, 0.2) is 10.8 Å². The van der Waals surface area contributed by atoms with Gasteiger partial charge in [-0.1, -0.05) is 11.6 Å². The average molecular weight is 142 g/mol. The first-order valence-corrected chi connectivity index (χ1v) is 2.57. The molecular formula is C5H2ClN2O. The first-order chi connectivity index (χ1) is 4.34. The minimum Gasteiger partial charge on any atom is -0.283 e. The maximum Gasteiger partial charge on any atom is 0.256 e. The molecule has 1 radical (unpaired) electrons. The van der Waals surface area contributed by atoms with Gasteiger partial charge in [0.25, 0.3) is 6.29 Å². The number of carbonyl (C=O) groups excluding carboxylic acids is 1. The second-order valence-electron chi connectivity index (χ2n) is 1.30. The number of nitrogens with zero attached hydrogens (tertiary/aromatic N) is 2. The maximum atomic E-state index is 9.92. The quantitative estimate of drug-likeness (QED) is 0.575. The van der Waals surface area contributed by atoms with Crippen molar-refractivity contribution in [1.82, 2.24) is 9.97 Å². The largest absolute Gasteiger partial charge is 0.283 e. The van der Waals surface area contributed by atoms with E-state index in [0.29, 0.717) is 0 Å². The van der Waals surface area contributed by atoms with Gasteiger partial charge in [0, 0.05) is 12.4 Å². The molecule has 9 heavy (non-hydrogen) atoms.